The van der Waals surface area contributed by atoms with Gasteiger partial charge in [0.05, 0.1) is 17.7 Å². The molecule has 4 rings (SSSR count). The Morgan fingerprint density at radius 1 is 1.36 bits per heavy atom. The third-order valence-corrected chi connectivity index (χ3v) is 6.43. The summed E-state index contributed by atoms with van der Waals surface area (Å²) in [7, 11) is 0. The van der Waals surface area contributed by atoms with Crippen LogP contribution in [0.15, 0.2) is 24.3 Å². The highest BCUT2D eigenvalue weighted by molar-refractivity contribution is 5.83. The van der Waals surface area contributed by atoms with Crippen LogP contribution in [0.5, 0.6) is 0 Å². The average molecular weight is 379 g/mol. The zero-order valence-electron chi connectivity index (χ0n) is 16.9. The summed E-state index contributed by atoms with van der Waals surface area (Å²) >= 11 is 0. The second-order valence-corrected chi connectivity index (χ2v) is 8.44. The van der Waals surface area contributed by atoms with E-state index in [9.17, 15) is 10.1 Å². The van der Waals surface area contributed by atoms with Crippen LogP contribution in [-0.4, -0.2) is 40.5 Å². The molecule has 0 unspecified atom stereocenters. The minimum Gasteiger partial charge on any atom is -0.345 e. The Hall–Kier alpha value is -2.32. The Morgan fingerprint density at radius 2 is 2.21 bits per heavy atom. The molecule has 3 heterocycles. The molecule has 2 saturated heterocycles. The van der Waals surface area contributed by atoms with Crippen molar-refractivity contribution in [3.8, 4) is 6.07 Å². The van der Waals surface area contributed by atoms with E-state index >= 15 is 0 Å². The zero-order chi connectivity index (χ0) is 19.7. The van der Waals surface area contributed by atoms with Gasteiger partial charge in [-0.05, 0) is 75.1 Å². The molecule has 0 spiro atoms. The highest BCUT2D eigenvalue weighted by atomic mass is 16.2. The largest absolute Gasteiger partial charge is 0.345 e. The van der Waals surface area contributed by atoms with Gasteiger partial charge in [-0.2, -0.15) is 5.26 Å². The van der Waals surface area contributed by atoms with Crippen LogP contribution in [0.2, 0.25) is 0 Å². The van der Waals surface area contributed by atoms with Gasteiger partial charge in [-0.1, -0.05) is 13.0 Å². The van der Waals surface area contributed by atoms with Gasteiger partial charge < -0.3 is 14.8 Å². The number of hydrogen-bond donors (Lipinski definition) is 1. The summed E-state index contributed by atoms with van der Waals surface area (Å²) in [5, 5.41) is 13.8. The van der Waals surface area contributed by atoms with Crippen LogP contribution in [0, 0.1) is 17.2 Å². The van der Waals surface area contributed by atoms with Crippen molar-refractivity contribution in [3.63, 3.8) is 0 Å². The first-order valence-corrected chi connectivity index (χ1v) is 10.7. The second kappa shape index (κ2) is 7.97. The van der Waals surface area contributed by atoms with Gasteiger partial charge >= 0.3 is 0 Å². The number of nitrogens with one attached hydrogen (secondary N) is 1. The molecule has 0 saturated carbocycles. The highest BCUT2D eigenvalue weighted by Gasteiger charge is 2.36. The first kappa shape index (κ1) is 19.0. The van der Waals surface area contributed by atoms with E-state index in [0.29, 0.717) is 23.4 Å². The van der Waals surface area contributed by atoms with E-state index in [4.69, 9.17) is 0 Å². The Labute approximate surface area is 167 Å². The van der Waals surface area contributed by atoms with Crippen molar-refractivity contribution >= 4 is 16.8 Å². The number of aromatic nitrogens is 1. The number of aryl methyl sites for hydroxylation is 2. The molecule has 3 atom stereocenters. The molecule has 5 nitrogen and oxygen atoms in total. The molecular formula is C23H30N4O. The molecule has 1 amide bonds. The lowest BCUT2D eigenvalue weighted by atomic mass is 10.0. The van der Waals surface area contributed by atoms with Crippen LogP contribution < -0.4 is 5.32 Å². The fourth-order valence-electron chi connectivity index (χ4n) is 5.07. The number of nitriles is 1. The van der Waals surface area contributed by atoms with Crippen LogP contribution in [0.4, 0.5) is 0 Å². The minimum absolute atomic E-state index is 0.0271. The Morgan fingerprint density at radius 3 is 2.93 bits per heavy atom. The monoisotopic (exact) mass is 378 g/mol. The van der Waals surface area contributed by atoms with Crippen LogP contribution in [0.1, 0.15) is 50.8 Å². The molecule has 1 N–H and O–H groups in total. The summed E-state index contributed by atoms with van der Waals surface area (Å²) in [4.78, 5) is 15.1. The molecule has 2 fully saturated rings. The quantitative estimate of drug-likeness (QED) is 0.867. The third kappa shape index (κ3) is 3.54. The van der Waals surface area contributed by atoms with Gasteiger partial charge in [0.15, 0.2) is 0 Å². The van der Waals surface area contributed by atoms with E-state index in [2.05, 4.69) is 40.8 Å². The van der Waals surface area contributed by atoms with Crippen LogP contribution in [0.3, 0.4) is 0 Å². The molecular weight excluding hydrogens is 348 g/mol. The molecule has 2 aromatic rings. The topological polar surface area (TPSA) is 61.1 Å². The van der Waals surface area contributed by atoms with Gasteiger partial charge in [0.25, 0.3) is 0 Å². The van der Waals surface area contributed by atoms with Gasteiger partial charge in [-0.15, -0.1) is 0 Å². The molecule has 148 valence electrons. The molecule has 1 aromatic heterocycles. The lowest BCUT2D eigenvalue weighted by molar-refractivity contribution is -0.134. The van der Waals surface area contributed by atoms with E-state index in [1.807, 2.05) is 18.2 Å². The fraction of sp³-hybridized carbons (Fsp3) is 0.565. The number of rotatable bonds is 5. The van der Waals surface area contributed by atoms with Crippen molar-refractivity contribution < 1.29 is 4.79 Å². The van der Waals surface area contributed by atoms with E-state index < -0.39 is 0 Å². The van der Waals surface area contributed by atoms with Crippen molar-refractivity contribution in [2.45, 2.75) is 64.6 Å². The predicted molar refractivity (Wildman–Crippen MR) is 111 cm³/mol. The van der Waals surface area contributed by atoms with Gasteiger partial charge in [-0.3, -0.25) is 4.79 Å². The van der Waals surface area contributed by atoms with Gasteiger partial charge in [0.1, 0.15) is 0 Å². The van der Waals surface area contributed by atoms with E-state index in [1.54, 1.807) is 0 Å². The second-order valence-electron chi connectivity index (χ2n) is 8.44. The van der Waals surface area contributed by atoms with Gasteiger partial charge in [-0.25, -0.2) is 0 Å². The Balaban J connectivity index is 1.51. The lowest BCUT2D eigenvalue weighted by Gasteiger charge is -2.27. The average Bonchev–Trinajstić information content (AvgIpc) is 3.43. The van der Waals surface area contributed by atoms with Crippen LogP contribution >= 0.6 is 0 Å². The van der Waals surface area contributed by atoms with Crippen molar-refractivity contribution in [1.29, 1.82) is 5.26 Å². The summed E-state index contributed by atoms with van der Waals surface area (Å²) in [5.41, 5.74) is 3.15. The normalized spacial score (nSPS) is 24.8. The first-order valence-electron chi connectivity index (χ1n) is 10.7. The number of carbonyl (C=O) groups excluding carboxylic acids is 1. The number of benzene rings is 1. The number of amides is 1. The van der Waals surface area contributed by atoms with E-state index in [1.165, 1.54) is 11.1 Å². The summed E-state index contributed by atoms with van der Waals surface area (Å²) in [6.45, 7) is 7.16. The van der Waals surface area contributed by atoms with Crippen molar-refractivity contribution in [2.75, 3.05) is 13.1 Å². The smallest absolute Gasteiger partial charge is 0.239 e. The number of likely N-dealkylation sites (tertiary alicyclic amines) is 1. The van der Waals surface area contributed by atoms with Crippen molar-refractivity contribution in [3.05, 3.63) is 35.5 Å². The molecule has 2 aliphatic heterocycles. The number of hydrogen-bond acceptors (Lipinski definition) is 3. The maximum atomic E-state index is 13.0. The standard InChI is InChI=1S/C23H30N4O/c1-3-26-20(13-18-7-6-17(14-24)12-22(18)26)9-8-19-11-16(2)15-27(19)23(28)21-5-4-10-25-21/h6-7,12-13,16,19,21,25H,3-5,8-11,15H2,1-2H3/t16-,19-,21+/m0/s1. The summed E-state index contributed by atoms with van der Waals surface area (Å²) < 4.78 is 2.32. The maximum Gasteiger partial charge on any atom is 0.239 e. The number of fused-ring (bicyclic) bond motifs is 1. The molecule has 2 aliphatic rings. The maximum absolute atomic E-state index is 13.0. The third-order valence-electron chi connectivity index (χ3n) is 6.43. The zero-order valence-corrected chi connectivity index (χ0v) is 16.9. The Bertz CT molecular complexity index is 903. The van der Waals surface area contributed by atoms with Crippen LogP contribution in [-0.2, 0) is 17.8 Å². The van der Waals surface area contributed by atoms with Crippen molar-refractivity contribution in [2.24, 2.45) is 5.92 Å². The molecule has 1 aromatic carbocycles. The minimum atomic E-state index is 0.0271. The molecule has 28 heavy (non-hydrogen) atoms. The first-order chi connectivity index (χ1) is 13.6. The number of carbonyl (C=O) groups is 1. The summed E-state index contributed by atoms with van der Waals surface area (Å²) in [5.74, 6) is 0.882. The van der Waals surface area contributed by atoms with Gasteiger partial charge in [0.2, 0.25) is 5.91 Å². The fourth-order valence-corrected chi connectivity index (χ4v) is 5.07. The summed E-state index contributed by atoms with van der Waals surface area (Å²) in [6.07, 6.45) is 5.14. The number of nitrogens with zero attached hydrogens (tertiary/aromatic N) is 3. The van der Waals surface area contributed by atoms with E-state index in [-0.39, 0.29) is 6.04 Å². The van der Waals surface area contributed by atoms with Crippen molar-refractivity contribution in [1.82, 2.24) is 14.8 Å². The van der Waals surface area contributed by atoms with E-state index in [0.717, 1.165) is 57.3 Å². The highest BCUT2D eigenvalue weighted by Crippen LogP contribution is 2.29. The Kier molecular flexibility index (Phi) is 5.41. The van der Waals surface area contributed by atoms with Crippen LogP contribution in [0.25, 0.3) is 10.9 Å². The van der Waals surface area contributed by atoms with Gasteiger partial charge in [0, 0.05) is 30.3 Å². The molecule has 0 aliphatic carbocycles. The summed E-state index contributed by atoms with van der Waals surface area (Å²) in [6, 6.07) is 10.8. The lowest BCUT2D eigenvalue weighted by Crippen LogP contribution is -2.46. The molecule has 5 heteroatoms. The SMILES string of the molecule is CCn1c(CC[C@H]2C[C@H](C)CN2C(=O)[C@H]2CCCN2)cc2ccc(C#N)cc21. The molecule has 0 radical (unpaired) electrons. The molecule has 0 bridgehead atoms. The predicted octanol–water partition coefficient (Wildman–Crippen LogP) is 3.45.